The van der Waals surface area contributed by atoms with Crippen LogP contribution in [0.4, 0.5) is 0 Å². The SMILES string of the molecule is CCOSP(=O)(S)OCC. The molecule has 0 radical (unpaired) electrons. The molecule has 0 rings (SSSR count). The standard InChI is InChI=1S/C4H11O3PS2/c1-3-6-8(5,9)10-7-4-2/h3-4H2,1-2H3,(H,5,9). The molecule has 10 heavy (non-hydrogen) atoms. The molecule has 0 amide bonds. The fourth-order valence-electron chi connectivity index (χ4n) is 0.304. The lowest BCUT2D eigenvalue weighted by molar-refractivity contribution is 0.351. The summed E-state index contributed by atoms with van der Waals surface area (Å²) in [6, 6.07) is 0. The molecule has 0 N–H and O–H groups in total. The number of hydrogen-bond donors (Lipinski definition) is 1. The van der Waals surface area contributed by atoms with Crippen LogP contribution in [0.5, 0.6) is 0 Å². The Morgan fingerprint density at radius 3 is 2.50 bits per heavy atom. The van der Waals surface area contributed by atoms with Gasteiger partial charge in [0.2, 0.25) is 0 Å². The van der Waals surface area contributed by atoms with Gasteiger partial charge in [-0.2, -0.15) is 0 Å². The van der Waals surface area contributed by atoms with Gasteiger partial charge in [0.25, 0.3) is 0 Å². The minimum Gasteiger partial charge on any atom is -0.313 e. The fourth-order valence-corrected chi connectivity index (χ4v) is 2.84. The van der Waals surface area contributed by atoms with Crippen molar-refractivity contribution in [2.24, 2.45) is 0 Å². The minimum atomic E-state index is -2.82. The van der Waals surface area contributed by atoms with Crippen LogP contribution in [0.25, 0.3) is 0 Å². The van der Waals surface area contributed by atoms with Crippen molar-refractivity contribution in [3.05, 3.63) is 0 Å². The number of rotatable bonds is 5. The molecule has 0 saturated carbocycles. The summed E-state index contributed by atoms with van der Waals surface area (Å²) in [5.41, 5.74) is 0. The highest BCUT2D eigenvalue weighted by atomic mass is 33.1. The molecule has 1 unspecified atom stereocenters. The lowest BCUT2D eigenvalue weighted by Gasteiger charge is -2.07. The average Bonchev–Trinajstić information content (AvgIpc) is 1.84. The van der Waals surface area contributed by atoms with E-state index in [1.165, 1.54) is 0 Å². The van der Waals surface area contributed by atoms with Crippen molar-refractivity contribution in [2.75, 3.05) is 13.2 Å². The second kappa shape index (κ2) is 5.49. The third-order valence-electron chi connectivity index (χ3n) is 0.557. The van der Waals surface area contributed by atoms with Crippen molar-refractivity contribution in [3.8, 4) is 0 Å². The maximum Gasteiger partial charge on any atom is 0.336 e. The van der Waals surface area contributed by atoms with Gasteiger partial charge in [-0.15, -0.1) is 0 Å². The summed E-state index contributed by atoms with van der Waals surface area (Å²) >= 11 is 4.57. The monoisotopic (exact) mass is 202 g/mol. The molecule has 0 saturated heterocycles. The zero-order valence-corrected chi connectivity index (χ0v) is 8.55. The summed E-state index contributed by atoms with van der Waals surface area (Å²) in [5, 5.41) is 0. The van der Waals surface area contributed by atoms with Crippen LogP contribution in [0, 0.1) is 0 Å². The molecular formula is C4H11O3PS2. The van der Waals surface area contributed by atoms with E-state index in [-0.39, 0.29) is 0 Å². The molecule has 6 heteroatoms. The van der Waals surface area contributed by atoms with Crippen molar-refractivity contribution in [1.29, 1.82) is 0 Å². The van der Waals surface area contributed by atoms with Crippen molar-refractivity contribution in [3.63, 3.8) is 0 Å². The Morgan fingerprint density at radius 2 is 2.10 bits per heavy atom. The van der Waals surface area contributed by atoms with Crippen LogP contribution in [0.1, 0.15) is 13.8 Å². The molecule has 0 fully saturated rings. The van der Waals surface area contributed by atoms with E-state index in [1.54, 1.807) is 6.92 Å². The minimum absolute atomic E-state index is 0.390. The van der Waals surface area contributed by atoms with E-state index in [4.69, 9.17) is 8.71 Å². The first-order chi connectivity index (χ1) is 4.62. The molecule has 0 aromatic heterocycles. The predicted molar refractivity (Wildman–Crippen MR) is 47.4 cm³/mol. The first-order valence-electron chi connectivity index (χ1n) is 2.91. The largest absolute Gasteiger partial charge is 0.336 e. The van der Waals surface area contributed by atoms with E-state index in [0.29, 0.717) is 13.2 Å². The predicted octanol–water partition coefficient (Wildman–Crippen LogP) is 2.75. The molecule has 3 nitrogen and oxygen atoms in total. The average molecular weight is 202 g/mol. The lowest BCUT2D eigenvalue weighted by atomic mass is 10.9. The fraction of sp³-hybridized carbons (Fsp3) is 1.00. The van der Waals surface area contributed by atoms with Crippen molar-refractivity contribution < 1.29 is 13.3 Å². The van der Waals surface area contributed by atoms with E-state index in [1.807, 2.05) is 6.92 Å². The summed E-state index contributed by atoms with van der Waals surface area (Å²) < 4.78 is 20.6. The highest BCUT2D eigenvalue weighted by Crippen LogP contribution is 2.63. The Hall–Kier alpha value is 0.850. The molecule has 0 aromatic rings. The summed E-state index contributed by atoms with van der Waals surface area (Å²) in [6.07, 6.45) is 0. The quantitative estimate of drug-likeness (QED) is 0.422. The Labute approximate surface area is 70.4 Å². The van der Waals surface area contributed by atoms with Gasteiger partial charge in [0.15, 0.2) is 0 Å². The second-order valence-corrected chi connectivity index (χ2v) is 7.23. The topological polar surface area (TPSA) is 35.5 Å². The molecule has 0 heterocycles. The second-order valence-electron chi connectivity index (χ2n) is 1.37. The molecule has 0 aliphatic rings. The van der Waals surface area contributed by atoms with E-state index in [0.717, 1.165) is 11.7 Å². The van der Waals surface area contributed by atoms with Crippen molar-refractivity contribution >= 4 is 29.7 Å². The van der Waals surface area contributed by atoms with Crippen LogP contribution >= 0.6 is 29.7 Å². The van der Waals surface area contributed by atoms with Crippen molar-refractivity contribution in [1.82, 2.24) is 0 Å². The smallest absolute Gasteiger partial charge is 0.313 e. The highest BCUT2D eigenvalue weighted by molar-refractivity contribution is 8.83. The zero-order chi connectivity index (χ0) is 8.04. The molecule has 0 aliphatic heterocycles. The number of thiol groups is 1. The summed E-state index contributed by atoms with van der Waals surface area (Å²) in [7, 11) is 0. The van der Waals surface area contributed by atoms with Gasteiger partial charge in [0.1, 0.15) is 0 Å². The summed E-state index contributed by atoms with van der Waals surface area (Å²) in [6.45, 7) is 4.46. The highest BCUT2D eigenvalue weighted by Gasteiger charge is 2.17. The van der Waals surface area contributed by atoms with Crippen LogP contribution < -0.4 is 0 Å². The van der Waals surface area contributed by atoms with Gasteiger partial charge in [-0.25, -0.2) is 0 Å². The van der Waals surface area contributed by atoms with Gasteiger partial charge in [-0.1, -0.05) is 12.2 Å². The molecule has 0 aliphatic carbocycles. The lowest BCUT2D eigenvalue weighted by Crippen LogP contribution is -1.81. The van der Waals surface area contributed by atoms with Gasteiger partial charge in [-0.3, -0.25) is 4.57 Å². The van der Waals surface area contributed by atoms with Gasteiger partial charge >= 0.3 is 5.77 Å². The van der Waals surface area contributed by atoms with Gasteiger partial charge < -0.3 is 8.71 Å². The third kappa shape index (κ3) is 5.62. The van der Waals surface area contributed by atoms with E-state index in [2.05, 4.69) is 12.2 Å². The van der Waals surface area contributed by atoms with Gasteiger partial charge in [0.05, 0.1) is 24.9 Å². The van der Waals surface area contributed by atoms with E-state index in [9.17, 15) is 4.57 Å². The number of hydrogen-bond acceptors (Lipinski definition) is 4. The zero-order valence-electron chi connectivity index (χ0n) is 5.94. The first kappa shape index (κ1) is 10.8. The Balaban J connectivity index is 3.53. The maximum atomic E-state index is 11.1. The summed E-state index contributed by atoms with van der Waals surface area (Å²) in [4.78, 5) is 0. The first-order valence-corrected chi connectivity index (χ1v) is 7.03. The van der Waals surface area contributed by atoms with Gasteiger partial charge in [-0.05, 0) is 13.8 Å². The Bertz CT molecular complexity index is 130. The van der Waals surface area contributed by atoms with E-state index < -0.39 is 5.77 Å². The van der Waals surface area contributed by atoms with Crippen LogP contribution in [0.3, 0.4) is 0 Å². The molecule has 62 valence electrons. The van der Waals surface area contributed by atoms with Crippen LogP contribution in [-0.4, -0.2) is 13.2 Å². The Kier molecular flexibility index (Phi) is 5.96. The third-order valence-corrected chi connectivity index (χ3v) is 3.81. The maximum absolute atomic E-state index is 11.1. The summed E-state index contributed by atoms with van der Waals surface area (Å²) in [5.74, 6) is -2.82. The molecular weight excluding hydrogens is 191 g/mol. The molecule has 0 aromatic carbocycles. The van der Waals surface area contributed by atoms with Crippen LogP contribution in [0.15, 0.2) is 0 Å². The normalized spacial score (nSPS) is 16.7. The molecule has 1 atom stereocenters. The van der Waals surface area contributed by atoms with Crippen LogP contribution in [-0.2, 0) is 13.3 Å². The van der Waals surface area contributed by atoms with E-state index >= 15 is 0 Å². The Morgan fingerprint density at radius 1 is 1.50 bits per heavy atom. The molecule has 0 spiro atoms. The van der Waals surface area contributed by atoms with Crippen LogP contribution in [0.2, 0.25) is 0 Å². The van der Waals surface area contributed by atoms with Crippen molar-refractivity contribution in [2.45, 2.75) is 13.8 Å². The molecule has 0 bridgehead atoms. The van der Waals surface area contributed by atoms with Gasteiger partial charge in [0, 0.05) is 0 Å².